The fourth-order valence-corrected chi connectivity index (χ4v) is 3.54. The van der Waals surface area contributed by atoms with Gasteiger partial charge < -0.3 is 9.64 Å². The fraction of sp³-hybridized carbons (Fsp3) is 0.571. The van der Waals surface area contributed by atoms with Gasteiger partial charge in [0.05, 0.1) is 22.0 Å². The zero-order chi connectivity index (χ0) is 16.8. The predicted octanol–water partition coefficient (Wildman–Crippen LogP) is 1.25. The SMILES string of the molecule is C[C@H]1CN(c2ccc(S(N)(=O)=O)cc2[N+](=O)[O-])C[C@@H](C2CC2)O1. The number of benzene rings is 1. The van der Waals surface area contributed by atoms with Gasteiger partial charge in [0.15, 0.2) is 0 Å². The highest BCUT2D eigenvalue weighted by atomic mass is 32.2. The third kappa shape index (κ3) is 3.46. The Labute approximate surface area is 134 Å². The zero-order valence-corrected chi connectivity index (χ0v) is 13.5. The van der Waals surface area contributed by atoms with Crippen molar-refractivity contribution in [2.75, 3.05) is 18.0 Å². The molecule has 0 bridgehead atoms. The molecule has 126 valence electrons. The highest BCUT2D eigenvalue weighted by Gasteiger charge is 2.38. The molecule has 1 aliphatic heterocycles. The molecule has 1 aliphatic carbocycles. The normalized spacial score (nSPS) is 25.4. The Morgan fingerprint density at radius 1 is 1.35 bits per heavy atom. The van der Waals surface area contributed by atoms with Crippen molar-refractivity contribution in [3.8, 4) is 0 Å². The van der Waals surface area contributed by atoms with Gasteiger partial charge in [0.25, 0.3) is 5.69 Å². The first kappa shape index (κ1) is 16.2. The number of anilines is 1. The minimum absolute atomic E-state index is 0.0353. The number of nitro groups is 1. The number of hydrogen-bond donors (Lipinski definition) is 1. The molecule has 1 aromatic carbocycles. The van der Waals surface area contributed by atoms with E-state index >= 15 is 0 Å². The van der Waals surface area contributed by atoms with E-state index in [0.29, 0.717) is 24.7 Å². The summed E-state index contributed by atoms with van der Waals surface area (Å²) in [7, 11) is -3.98. The molecule has 23 heavy (non-hydrogen) atoms. The van der Waals surface area contributed by atoms with Gasteiger partial charge in [-0.05, 0) is 37.8 Å². The van der Waals surface area contributed by atoms with Crippen LogP contribution in [0.25, 0.3) is 0 Å². The smallest absolute Gasteiger partial charge is 0.293 e. The molecule has 1 saturated heterocycles. The molecule has 1 saturated carbocycles. The molecular weight excluding hydrogens is 322 g/mol. The molecule has 9 heteroatoms. The van der Waals surface area contributed by atoms with Gasteiger partial charge in [-0.15, -0.1) is 0 Å². The number of morpholine rings is 1. The molecule has 1 aromatic rings. The summed E-state index contributed by atoms with van der Waals surface area (Å²) in [5.74, 6) is 0.517. The monoisotopic (exact) mass is 341 g/mol. The van der Waals surface area contributed by atoms with Crippen molar-refractivity contribution in [1.29, 1.82) is 0 Å². The lowest BCUT2D eigenvalue weighted by molar-refractivity contribution is -0.384. The Morgan fingerprint density at radius 2 is 2.04 bits per heavy atom. The average Bonchev–Trinajstić information content (AvgIpc) is 3.29. The Morgan fingerprint density at radius 3 is 2.61 bits per heavy atom. The van der Waals surface area contributed by atoms with Gasteiger partial charge in [0.1, 0.15) is 5.69 Å². The van der Waals surface area contributed by atoms with Crippen molar-refractivity contribution in [3.05, 3.63) is 28.3 Å². The van der Waals surface area contributed by atoms with E-state index in [4.69, 9.17) is 9.88 Å². The Bertz CT molecular complexity index is 732. The van der Waals surface area contributed by atoms with Crippen LogP contribution < -0.4 is 10.0 Å². The lowest BCUT2D eigenvalue weighted by Crippen LogP contribution is -2.47. The first-order valence-corrected chi connectivity index (χ1v) is 9.02. The average molecular weight is 341 g/mol. The highest BCUT2D eigenvalue weighted by Crippen LogP contribution is 2.39. The molecule has 0 unspecified atom stereocenters. The van der Waals surface area contributed by atoms with Gasteiger partial charge in [-0.2, -0.15) is 0 Å². The lowest BCUT2D eigenvalue weighted by Gasteiger charge is -2.38. The third-order valence-corrected chi connectivity index (χ3v) is 5.16. The summed E-state index contributed by atoms with van der Waals surface area (Å²) >= 11 is 0. The molecule has 1 heterocycles. The zero-order valence-electron chi connectivity index (χ0n) is 12.7. The number of nitrogens with two attached hydrogens (primary N) is 1. The number of nitro benzene ring substituents is 1. The van der Waals surface area contributed by atoms with E-state index in [1.807, 2.05) is 11.8 Å². The fourth-order valence-electron chi connectivity index (χ4n) is 3.01. The minimum Gasteiger partial charge on any atom is -0.371 e. The van der Waals surface area contributed by atoms with E-state index in [0.717, 1.165) is 18.9 Å². The summed E-state index contributed by atoms with van der Waals surface area (Å²) < 4.78 is 28.7. The highest BCUT2D eigenvalue weighted by molar-refractivity contribution is 7.89. The van der Waals surface area contributed by atoms with Crippen LogP contribution in [0.4, 0.5) is 11.4 Å². The summed E-state index contributed by atoms with van der Waals surface area (Å²) in [6.45, 7) is 3.04. The maximum atomic E-state index is 11.4. The van der Waals surface area contributed by atoms with Crippen LogP contribution in [0.15, 0.2) is 23.1 Å². The molecule has 8 nitrogen and oxygen atoms in total. The van der Waals surface area contributed by atoms with Crippen molar-refractivity contribution < 1.29 is 18.1 Å². The second kappa shape index (κ2) is 5.73. The molecule has 0 spiro atoms. The van der Waals surface area contributed by atoms with Crippen LogP contribution in [0.3, 0.4) is 0 Å². The summed E-state index contributed by atoms with van der Waals surface area (Å²) in [6.07, 6.45) is 2.28. The van der Waals surface area contributed by atoms with Gasteiger partial charge in [-0.1, -0.05) is 0 Å². The molecule has 2 fully saturated rings. The maximum absolute atomic E-state index is 11.4. The summed E-state index contributed by atoms with van der Waals surface area (Å²) in [5, 5.41) is 16.4. The molecular formula is C14H19N3O5S. The van der Waals surface area contributed by atoms with Crippen molar-refractivity contribution in [3.63, 3.8) is 0 Å². The molecule has 2 atom stereocenters. The van der Waals surface area contributed by atoms with Crippen LogP contribution >= 0.6 is 0 Å². The second-order valence-electron chi connectivity index (χ2n) is 6.18. The third-order valence-electron chi connectivity index (χ3n) is 4.25. The van der Waals surface area contributed by atoms with E-state index in [9.17, 15) is 18.5 Å². The Kier molecular flexibility index (Phi) is 4.03. The Hall–Kier alpha value is -1.71. The first-order valence-electron chi connectivity index (χ1n) is 7.47. The van der Waals surface area contributed by atoms with Gasteiger partial charge in [-0.25, -0.2) is 13.6 Å². The van der Waals surface area contributed by atoms with Crippen LogP contribution in [0.1, 0.15) is 19.8 Å². The number of sulfonamides is 1. The lowest BCUT2D eigenvalue weighted by atomic mass is 10.1. The molecule has 2 aliphatic rings. The molecule has 3 rings (SSSR count). The quantitative estimate of drug-likeness (QED) is 0.651. The van der Waals surface area contributed by atoms with E-state index < -0.39 is 14.9 Å². The van der Waals surface area contributed by atoms with E-state index in [1.165, 1.54) is 12.1 Å². The number of primary sulfonamides is 1. The summed E-state index contributed by atoms with van der Waals surface area (Å²) in [5.41, 5.74) is 0.156. The topological polar surface area (TPSA) is 116 Å². The van der Waals surface area contributed by atoms with E-state index in [-0.39, 0.29) is 22.8 Å². The van der Waals surface area contributed by atoms with Crippen molar-refractivity contribution in [2.24, 2.45) is 11.1 Å². The molecule has 0 radical (unpaired) electrons. The van der Waals surface area contributed by atoms with Gasteiger partial charge >= 0.3 is 0 Å². The molecule has 0 amide bonds. The number of nitrogens with zero attached hydrogens (tertiary/aromatic N) is 2. The Balaban J connectivity index is 1.96. The van der Waals surface area contributed by atoms with Crippen LogP contribution in [-0.2, 0) is 14.8 Å². The van der Waals surface area contributed by atoms with E-state index in [1.54, 1.807) is 0 Å². The second-order valence-corrected chi connectivity index (χ2v) is 7.74. The van der Waals surface area contributed by atoms with Crippen molar-refractivity contribution in [1.82, 2.24) is 0 Å². The molecule has 0 aromatic heterocycles. The maximum Gasteiger partial charge on any atom is 0.293 e. The van der Waals surface area contributed by atoms with Crippen LogP contribution in [-0.4, -0.2) is 38.6 Å². The van der Waals surface area contributed by atoms with Gasteiger partial charge in [-0.3, -0.25) is 10.1 Å². The van der Waals surface area contributed by atoms with Crippen LogP contribution in [0, 0.1) is 16.0 Å². The predicted molar refractivity (Wildman–Crippen MR) is 83.7 cm³/mol. The first-order chi connectivity index (χ1) is 10.8. The minimum atomic E-state index is -3.98. The summed E-state index contributed by atoms with van der Waals surface area (Å²) in [4.78, 5) is 12.4. The number of rotatable bonds is 4. The van der Waals surface area contributed by atoms with Crippen LogP contribution in [0.5, 0.6) is 0 Å². The van der Waals surface area contributed by atoms with Gasteiger partial charge in [0.2, 0.25) is 10.0 Å². The number of hydrogen-bond acceptors (Lipinski definition) is 6. The largest absolute Gasteiger partial charge is 0.371 e. The summed E-state index contributed by atoms with van der Waals surface area (Å²) in [6, 6.07) is 3.79. The van der Waals surface area contributed by atoms with Gasteiger partial charge in [0, 0.05) is 19.2 Å². The number of ether oxygens (including phenoxy) is 1. The standard InChI is InChI=1S/C14H19N3O5S/c1-9-7-16(8-14(22-9)10-2-3-10)12-5-4-11(23(15,20)21)6-13(12)17(18)19/h4-6,9-10,14H,2-3,7-8H2,1H3,(H2,15,20,21)/t9-,14-/m0/s1. The van der Waals surface area contributed by atoms with Crippen molar-refractivity contribution in [2.45, 2.75) is 36.9 Å². The molecule has 2 N–H and O–H groups in total. The van der Waals surface area contributed by atoms with Crippen LogP contribution in [0.2, 0.25) is 0 Å². The van der Waals surface area contributed by atoms with Crippen molar-refractivity contribution >= 4 is 21.4 Å². The van der Waals surface area contributed by atoms with E-state index in [2.05, 4.69) is 0 Å².